The Kier molecular flexibility index (Phi) is 4.40. The molecule has 1 aliphatic carbocycles. The molecule has 1 heterocycles. The van der Waals surface area contributed by atoms with Crippen molar-refractivity contribution in [3.63, 3.8) is 0 Å². The molecule has 0 radical (unpaired) electrons. The van der Waals surface area contributed by atoms with E-state index >= 15 is 0 Å². The van der Waals surface area contributed by atoms with E-state index in [1.807, 2.05) is 36.7 Å². The Balaban J connectivity index is 1.64. The number of fused-ring (bicyclic) bond motifs is 1. The molecule has 0 spiro atoms. The zero-order chi connectivity index (χ0) is 17.5. The third-order valence-corrected chi connectivity index (χ3v) is 5.21. The molecule has 1 aromatic rings. The van der Waals surface area contributed by atoms with Gasteiger partial charge in [-0.3, -0.25) is 4.79 Å². The van der Waals surface area contributed by atoms with E-state index in [1.165, 1.54) is 0 Å². The Labute approximate surface area is 139 Å². The lowest BCUT2D eigenvalue weighted by molar-refractivity contribution is -0.401. The summed E-state index contributed by atoms with van der Waals surface area (Å²) in [6.45, 7) is 2.01. The smallest absolute Gasteiger partial charge is 0.344 e. The van der Waals surface area contributed by atoms with E-state index < -0.39 is 12.1 Å². The van der Waals surface area contributed by atoms with Crippen LogP contribution < -0.4 is 5.32 Å². The van der Waals surface area contributed by atoms with Crippen LogP contribution in [0.25, 0.3) is 0 Å². The van der Waals surface area contributed by atoms with Gasteiger partial charge in [0, 0.05) is 17.2 Å². The van der Waals surface area contributed by atoms with Gasteiger partial charge in [0.2, 0.25) is 5.69 Å². The molecule has 0 aromatic heterocycles. The highest BCUT2D eigenvalue weighted by Gasteiger charge is 2.42. The highest BCUT2D eigenvalue weighted by molar-refractivity contribution is 6.38. The van der Waals surface area contributed by atoms with Crippen LogP contribution in [0.5, 0.6) is 0 Å². The monoisotopic (exact) mass is 339 g/mol. The van der Waals surface area contributed by atoms with Crippen molar-refractivity contribution < 1.29 is 22.5 Å². The molecule has 1 saturated carbocycles. The Morgan fingerprint density at radius 3 is 2.46 bits per heavy atom. The molecule has 3 rings (SSSR count). The minimum Gasteiger partial charge on any atom is -0.344 e. The van der Waals surface area contributed by atoms with Crippen LogP contribution in [0.2, 0.25) is 0 Å². The predicted octanol–water partition coefficient (Wildman–Crippen LogP) is 3.50. The molecule has 130 valence electrons. The normalized spacial score (nSPS) is 24.0. The number of amides is 1. The molecule has 1 aromatic carbocycles. The van der Waals surface area contributed by atoms with Gasteiger partial charge in [0.1, 0.15) is 7.05 Å². The quantitative estimate of drug-likeness (QED) is 0.822. The van der Waals surface area contributed by atoms with E-state index in [1.54, 1.807) is 0 Å². The molecule has 0 unspecified atom stereocenters. The molecule has 1 aliphatic heterocycles. The molecule has 24 heavy (non-hydrogen) atoms. The molecule has 1 amide bonds. The number of benzene rings is 1. The first-order valence-corrected chi connectivity index (χ1v) is 8.33. The van der Waals surface area contributed by atoms with Crippen molar-refractivity contribution in [1.82, 2.24) is 5.32 Å². The third-order valence-electron chi connectivity index (χ3n) is 5.21. The largest absolute Gasteiger partial charge is 0.391 e. The molecule has 2 aliphatic rings. The zero-order valence-electron chi connectivity index (χ0n) is 13.9. The van der Waals surface area contributed by atoms with Crippen LogP contribution in [0.3, 0.4) is 0 Å². The van der Waals surface area contributed by atoms with Crippen molar-refractivity contribution in [2.45, 2.75) is 51.2 Å². The second-order valence-electron chi connectivity index (χ2n) is 6.83. The number of carbonyl (C=O) groups excluding carboxylic acids is 1. The number of nitrogens with zero attached hydrogens (tertiary/aromatic N) is 1. The van der Waals surface area contributed by atoms with E-state index in [0.29, 0.717) is 25.0 Å². The minimum atomic E-state index is -4.12. The van der Waals surface area contributed by atoms with Gasteiger partial charge in [0.15, 0.2) is 0 Å². The number of rotatable bonds is 2. The first-order chi connectivity index (χ1) is 11.3. The minimum absolute atomic E-state index is 0.0962. The summed E-state index contributed by atoms with van der Waals surface area (Å²) in [5, 5.41) is 2.93. The van der Waals surface area contributed by atoms with E-state index in [4.69, 9.17) is 0 Å². The zero-order valence-corrected chi connectivity index (χ0v) is 13.9. The first kappa shape index (κ1) is 17.0. The summed E-state index contributed by atoms with van der Waals surface area (Å²) in [4.78, 5) is 12.6. The van der Waals surface area contributed by atoms with Crippen molar-refractivity contribution in [2.24, 2.45) is 5.92 Å². The lowest BCUT2D eigenvalue weighted by atomic mass is 9.85. The number of carbonyl (C=O) groups is 1. The number of aryl methyl sites for hydroxylation is 1. The molecule has 1 fully saturated rings. The fourth-order valence-corrected chi connectivity index (χ4v) is 3.84. The topological polar surface area (TPSA) is 32.1 Å². The summed E-state index contributed by atoms with van der Waals surface area (Å²) in [6, 6.07) is 5.82. The summed E-state index contributed by atoms with van der Waals surface area (Å²) in [7, 11) is 1.87. The number of hydrogen-bond donors (Lipinski definition) is 1. The maximum Gasteiger partial charge on any atom is 0.391 e. The average molecular weight is 339 g/mol. The van der Waals surface area contributed by atoms with Gasteiger partial charge in [-0.2, -0.15) is 17.7 Å². The summed E-state index contributed by atoms with van der Waals surface area (Å²) < 4.78 is 40.1. The van der Waals surface area contributed by atoms with E-state index in [0.717, 1.165) is 16.8 Å². The average Bonchev–Trinajstić information content (AvgIpc) is 2.85. The van der Waals surface area contributed by atoms with Crippen molar-refractivity contribution in [3.05, 3.63) is 29.3 Å². The highest BCUT2D eigenvalue weighted by Crippen LogP contribution is 2.37. The van der Waals surface area contributed by atoms with Crippen LogP contribution in [0.4, 0.5) is 18.9 Å². The molecule has 0 bridgehead atoms. The van der Waals surface area contributed by atoms with Gasteiger partial charge in [-0.15, -0.1) is 0 Å². The summed E-state index contributed by atoms with van der Waals surface area (Å²) in [6.07, 6.45) is -2.58. The third kappa shape index (κ3) is 3.19. The second kappa shape index (κ2) is 6.22. The van der Waals surface area contributed by atoms with Gasteiger partial charge >= 0.3 is 12.1 Å². The highest BCUT2D eigenvalue weighted by atomic mass is 19.4. The molecule has 0 saturated heterocycles. The van der Waals surface area contributed by atoms with Gasteiger partial charge in [-0.05, 0) is 32.6 Å². The molecule has 1 N–H and O–H groups in total. The summed E-state index contributed by atoms with van der Waals surface area (Å²) in [5.41, 5.74) is 3.95. The molecular weight excluding hydrogens is 317 g/mol. The molecular formula is C18H22F3N2O+. The maximum atomic E-state index is 12.7. The van der Waals surface area contributed by atoms with E-state index in [-0.39, 0.29) is 24.8 Å². The molecule has 3 nitrogen and oxygen atoms in total. The van der Waals surface area contributed by atoms with E-state index in [2.05, 4.69) is 5.32 Å². The standard InChI is InChI=1S/C18H21F3N2O/c1-11-4-3-5-12-10-15(23(2)16(11)12)17(24)22-14-8-6-13(7-9-14)18(19,20)21/h3-5,13-14H,6-10H2,1-2H3/p+1. The summed E-state index contributed by atoms with van der Waals surface area (Å²) >= 11 is 0. The van der Waals surface area contributed by atoms with Crippen LogP contribution in [0, 0.1) is 12.8 Å². The van der Waals surface area contributed by atoms with Crippen LogP contribution in [0.1, 0.15) is 36.8 Å². The predicted molar refractivity (Wildman–Crippen MR) is 85.7 cm³/mol. The van der Waals surface area contributed by atoms with Gasteiger partial charge in [-0.1, -0.05) is 18.2 Å². The number of alkyl halides is 3. The fourth-order valence-electron chi connectivity index (χ4n) is 3.84. The maximum absolute atomic E-state index is 12.7. The lowest BCUT2D eigenvalue weighted by Gasteiger charge is -2.30. The first-order valence-electron chi connectivity index (χ1n) is 8.33. The van der Waals surface area contributed by atoms with E-state index in [9.17, 15) is 18.0 Å². The van der Waals surface area contributed by atoms with Gasteiger partial charge in [-0.25, -0.2) is 0 Å². The van der Waals surface area contributed by atoms with Crippen LogP contribution >= 0.6 is 0 Å². The Morgan fingerprint density at radius 1 is 1.21 bits per heavy atom. The van der Waals surface area contributed by atoms with Crippen LogP contribution in [-0.2, 0) is 11.2 Å². The molecule has 6 heteroatoms. The Hall–Kier alpha value is -1.85. The van der Waals surface area contributed by atoms with Crippen molar-refractivity contribution in [1.29, 1.82) is 0 Å². The van der Waals surface area contributed by atoms with Crippen molar-refractivity contribution >= 4 is 17.3 Å². The van der Waals surface area contributed by atoms with Gasteiger partial charge in [0.25, 0.3) is 5.71 Å². The van der Waals surface area contributed by atoms with Crippen molar-refractivity contribution in [3.8, 4) is 0 Å². The lowest BCUT2D eigenvalue weighted by Crippen LogP contribution is -2.44. The number of halogens is 3. The number of nitrogens with one attached hydrogen (secondary N) is 1. The number of para-hydroxylation sites is 1. The number of hydrogen-bond acceptors (Lipinski definition) is 1. The summed E-state index contributed by atoms with van der Waals surface area (Å²) in [5.74, 6) is -1.39. The van der Waals surface area contributed by atoms with Crippen LogP contribution in [-0.4, -0.2) is 35.5 Å². The SMILES string of the molecule is Cc1cccc2c1[N+](C)=C(C(=O)NC1CCC(C(F)(F)F)CC1)C2. The Morgan fingerprint density at radius 2 is 1.88 bits per heavy atom. The fraction of sp³-hybridized carbons (Fsp3) is 0.556. The van der Waals surface area contributed by atoms with Crippen LogP contribution in [0.15, 0.2) is 18.2 Å². The second-order valence-corrected chi connectivity index (χ2v) is 6.83. The Bertz CT molecular complexity index is 686. The van der Waals surface area contributed by atoms with Crippen molar-refractivity contribution in [2.75, 3.05) is 7.05 Å². The van der Waals surface area contributed by atoms with Gasteiger partial charge in [0.05, 0.1) is 12.3 Å². The molecule has 0 atom stereocenters. The van der Waals surface area contributed by atoms with Gasteiger partial charge < -0.3 is 5.32 Å².